The van der Waals surface area contributed by atoms with E-state index in [1.54, 1.807) is 0 Å². The minimum absolute atomic E-state index is 0.496. The largest absolute Gasteiger partial charge is 0.309 e. The zero-order valence-corrected chi connectivity index (χ0v) is 49.1. The van der Waals surface area contributed by atoms with Gasteiger partial charge in [-0.2, -0.15) is 5.26 Å². The van der Waals surface area contributed by atoms with Crippen molar-refractivity contribution in [2.45, 2.75) is 13.8 Å². The monoisotopic (exact) mass is 1140 g/mol. The summed E-state index contributed by atoms with van der Waals surface area (Å²) in [5.41, 5.74) is 25.1. The van der Waals surface area contributed by atoms with E-state index < -0.39 is 0 Å². The zero-order chi connectivity index (χ0) is 59.8. The highest BCUT2D eigenvalue weighted by Crippen LogP contribution is 2.55. The smallest absolute Gasteiger partial charge is 0.100 e. The fraction of sp³-hybridized carbons (Fsp3) is 0.0241. The van der Waals surface area contributed by atoms with E-state index in [4.69, 9.17) is 15.0 Å². The van der Waals surface area contributed by atoms with E-state index in [1.165, 1.54) is 21.9 Å². The predicted octanol–water partition coefficient (Wildman–Crippen LogP) is 21.2. The molecule has 0 aliphatic heterocycles. The summed E-state index contributed by atoms with van der Waals surface area (Å²) in [6.07, 6.45) is 3.70. The molecule has 15 aromatic rings. The van der Waals surface area contributed by atoms with Crippen molar-refractivity contribution in [2.75, 3.05) is 0 Å². The third-order valence-corrected chi connectivity index (χ3v) is 16.8. The molecule has 5 heterocycles. The molecule has 6 nitrogen and oxygen atoms in total. The van der Waals surface area contributed by atoms with Crippen LogP contribution in [0.15, 0.2) is 304 Å². The minimum atomic E-state index is 0.496. The summed E-state index contributed by atoms with van der Waals surface area (Å²) in [5, 5.41) is 15.1. The van der Waals surface area contributed by atoms with E-state index in [9.17, 15) is 5.26 Å². The fourth-order valence-electron chi connectivity index (χ4n) is 12.7. The number of aryl methyl sites for hydroxylation is 2. The van der Waals surface area contributed by atoms with Gasteiger partial charge in [0.15, 0.2) is 0 Å². The Balaban J connectivity index is 1.15. The first-order valence-electron chi connectivity index (χ1n) is 30.0. The van der Waals surface area contributed by atoms with Crippen molar-refractivity contribution >= 4 is 21.8 Å². The normalized spacial score (nSPS) is 11.2. The lowest BCUT2D eigenvalue weighted by atomic mass is 9.75. The van der Waals surface area contributed by atoms with Crippen molar-refractivity contribution in [3.8, 4) is 135 Å². The summed E-state index contributed by atoms with van der Waals surface area (Å²) in [5.74, 6) is 0. The second-order valence-electron chi connectivity index (χ2n) is 22.6. The van der Waals surface area contributed by atoms with E-state index in [-0.39, 0.29) is 0 Å². The molecule has 5 aromatic heterocycles. The first-order valence-corrected chi connectivity index (χ1v) is 30.0. The third-order valence-electron chi connectivity index (χ3n) is 16.8. The van der Waals surface area contributed by atoms with Gasteiger partial charge in [0.1, 0.15) is 6.07 Å². The Labute approximate surface area is 517 Å². The van der Waals surface area contributed by atoms with Crippen LogP contribution in [0.25, 0.3) is 151 Å². The van der Waals surface area contributed by atoms with Crippen LogP contribution in [0.3, 0.4) is 0 Å². The van der Waals surface area contributed by atoms with Gasteiger partial charge in [-0.1, -0.05) is 217 Å². The average molecular weight is 1140 g/mol. The van der Waals surface area contributed by atoms with Crippen molar-refractivity contribution in [3.05, 3.63) is 320 Å². The zero-order valence-electron chi connectivity index (χ0n) is 49.1. The molecule has 0 saturated heterocycles. The van der Waals surface area contributed by atoms with Crippen molar-refractivity contribution < 1.29 is 0 Å². The van der Waals surface area contributed by atoms with Crippen molar-refractivity contribution in [3.63, 3.8) is 0 Å². The van der Waals surface area contributed by atoms with Gasteiger partial charge < -0.3 is 4.57 Å². The molecule has 0 atom stereocenters. The van der Waals surface area contributed by atoms with Gasteiger partial charge in [-0.25, -0.2) is 15.0 Å². The molecular weight excluding hydrogens is 1080 g/mol. The molecule has 418 valence electrons. The molecular formula is C83H56N6. The Kier molecular flexibility index (Phi) is 14.0. The summed E-state index contributed by atoms with van der Waals surface area (Å²) < 4.78 is 2.36. The highest BCUT2D eigenvalue weighted by atomic mass is 15.0. The molecule has 10 aromatic carbocycles. The number of nitriles is 1. The molecule has 0 N–H and O–H groups in total. The number of fused-ring (bicyclic) bond motifs is 3. The minimum Gasteiger partial charge on any atom is -0.309 e. The molecule has 0 aliphatic rings. The standard InChI is InChI=1S/C83H56N6/c1-54-33-39-77-68(45-54)69-46-55(2)34-40-78(69)89(77)67-37-35-62(36-38-67)79-70(53-84)80(64-47-71(56-21-9-3-10-22-56)86-72(48-64)57-23-11-4-12-24-57)82(65-49-73(58-25-13-5-14-26-58)87-74(50-65)59-27-15-6-16-28-59)83(81(79)63-41-43-85-44-42-63)66-51-75(60-29-17-7-18-30-60)88-76(52-66)61-31-19-8-20-32-61/h3-52H,1-2H3. The highest BCUT2D eigenvalue weighted by Gasteiger charge is 2.31. The first kappa shape index (κ1) is 53.8. The predicted molar refractivity (Wildman–Crippen MR) is 366 cm³/mol. The van der Waals surface area contributed by atoms with E-state index in [0.29, 0.717) is 5.56 Å². The second-order valence-corrected chi connectivity index (χ2v) is 22.6. The number of aromatic nitrogens is 5. The maximum Gasteiger partial charge on any atom is 0.100 e. The van der Waals surface area contributed by atoms with Crippen LogP contribution in [0.1, 0.15) is 16.7 Å². The number of benzene rings is 10. The van der Waals surface area contributed by atoms with Gasteiger partial charge >= 0.3 is 0 Å². The van der Waals surface area contributed by atoms with Gasteiger partial charge in [-0.05, 0) is 143 Å². The molecule has 0 saturated carbocycles. The number of nitrogens with zero attached hydrogens (tertiary/aromatic N) is 6. The molecule has 89 heavy (non-hydrogen) atoms. The van der Waals surface area contributed by atoms with Crippen LogP contribution in [0.2, 0.25) is 0 Å². The topological polar surface area (TPSA) is 80.3 Å². The Morgan fingerprint density at radius 2 is 0.573 bits per heavy atom. The summed E-state index contributed by atoms with van der Waals surface area (Å²) >= 11 is 0. The molecule has 0 spiro atoms. The van der Waals surface area contributed by atoms with Gasteiger partial charge in [0.25, 0.3) is 0 Å². The number of hydrogen-bond acceptors (Lipinski definition) is 5. The Morgan fingerprint density at radius 3 is 0.910 bits per heavy atom. The maximum absolute atomic E-state index is 12.7. The van der Waals surface area contributed by atoms with E-state index in [0.717, 1.165) is 140 Å². The Bertz CT molecular complexity index is 4930. The molecule has 0 amide bonds. The number of hydrogen-bond donors (Lipinski definition) is 0. The molecule has 0 aliphatic carbocycles. The molecule has 0 radical (unpaired) electrons. The lowest BCUT2D eigenvalue weighted by Gasteiger charge is -2.27. The van der Waals surface area contributed by atoms with Gasteiger partial charge in [-0.15, -0.1) is 0 Å². The van der Waals surface area contributed by atoms with E-state index in [1.807, 2.05) is 73.1 Å². The van der Waals surface area contributed by atoms with Crippen molar-refractivity contribution in [1.82, 2.24) is 24.5 Å². The van der Waals surface area contributed by atoms with Crippen LogP contribution in [0.4, 0.5) is 0 Å². The third kappa shape index (κ3) is 10.2. The van der Waals surface area contributed by atoms with Crippen LogP contribution in [-0.2, 0) is 0 Å². The molecule has 0 unspecified atom stereocenters. The maximum atomic E-state index is 12.7. The van der Waals surface area contributed by atoms with Crippen LogP contribution in [0, 0.1) is 25.2 Å². The van der Waals surface area contributed by atoms with Crippen LogP contribution < -0.4 is 0 Å². The molecule has 0 bridgehead atoms. The quantitative estimate of drug-likeness (QED) is 0.122. The number of pyridine rings is 4. The van der Waals surface area contributed by atoms with Gasteiger partial charge in [0.05, 0.1) is 50.8 Å². The molecule has 6 heteroatoms. The fourth-order valence-corrected chi connectivity index (χ4v) is 12.7. The lowest BCUT2D eigenvalue weighted by molar-refractivity contribution is 1.18. The average Bonchev–Trinajstić information content (AvgIpc) is 0.976. The Morgan fingerprint density at radius 1 is 0.281 bits per heavy atom. The summed E-state index contributed by atoms with van der Waals surface area (Å²) in [7, 11) is 0. The van der Waals surface area contributed by atoms with Crippen LogP contribution >= 0.6 is 0 Å². The van der Waals surface area contributed by atoms with E-state index >= 15 is 0 Å². The van der Waals surface area contributed by atoms with E-state index in [2.05, 4.69) is 260 Å². The van der Waals surface area contributed by atoms with Crippen molar-refractivity contribution in [1.29, 1.82) is 5.26 Å². The summed E-state index contributed by atoms with van der Waals surface area (Å²) in [6, 6.07) is 105. The van der Waals surface area contributed by atoms with Gasteiger partial charge in [-0.3, -0.25) is 4.98 Å². The van der Waals surface area contributed by atoms with Crippen LogP contribution in [0.5, 0.6) is 0 Å². The Hall–Kier alpha value is -11.9. The first-order chi connectivity index (χ1) is 43.9. The molecule has 15 rings (SSSR count). The van der Waals surface area contributed by atoms with Gasteiger partial charge in [0, 0.05) is 73.4 Å². The molecule has 0 fully saturated rings. The van der Waals surface area contributed by atoms with Crippen LogP contribution in [-0.4, -0.2) is 24.5 Å². The highest BCUT2D eigenvalue weighted by molar-refractivity contribution is 6.13. The number of rotatable bonds is 12. The van der Waals surface area contributed by atoms with Crippen molar-refractivity contribution in [2.24, 2.45) is 0 Å². The second kappa shape index (κ2) is 23.2. The lowest BCUT2D eigenvalue weighted by Crippen LogP contribution is -2.04. The summed E-state index contributed by atoms with van der Waals surface area (Å²) in [4.78, 5) is 21.1. The SMILES string of the molecule is Cc1ccc2c(c1)c1cc(C)ccc1n2-c1ccc(-c2c(C#N)c(-c3cc(-c4ccccc4)nc(-c4ccccc4)c3)c(-c3cc(-c4ccccc4)nc(-c4ccccc4)c3)c(-c3cc(-c4ccccc4)nc(-c4ccccc4)c3)c2-c2ccncc2)cc1. The van der Waals surface area contributed by atoms with Gasteiger partial charge in [0.2, 0.25) is 0 Å². The summed E-state index contributed by atoms with van der Waals surface area (Å²) in [6.45, 7) is 4.31.